The van der Waals surface area contributed by atoms with Crippen LogP contribution in [-0.2, 0) is 23.8 Å². The van der Waals surface area contributed by atoms with Crippen molar-refractivity contribution in [3.63, 3.8) is 0 Å². The van der Waals surface area contributed by atoms with Crippen molar-refractivity contribution < 1.29 is 22.1 Å². The smallest absolute Gasteiger partial charge is 0.269 e. The molecule has 0 saturated carbocycles. The van der Waals surface area contributed by atoms with Gasteiger partial charge in [-0.05, 0) is 13.8 Å². The maximum absolute atomic E-state index is 11.0. The average molecular weight is 210 g/mol. The van der Waals surface area contributed by atoms with Crippen LogP contribution in [0.1, 0.15) is 13.8 Å². The van der Waals surface area contributed by atoms with Crippen LogP contribution >= 0.6 is 0 Å². The molecule has 1 atom stereocenters. The number of rotatable bonds is 3. The molecule has 0 aliphatic carbocycles. The summed E-state index contributed by atoms with van der Waals surface area (Å²) in [7, 11) is -2.32. The highest BCUT2D eigenvalue weighted by Gasteiger charge is 2.35. The molecule has 0 spiro atoms. The molecule has 78 valence electrons. The second-order valence-electron chi connectivity index (χ2n) is 3.34. The molecule has 5 nitrogen and oxygen atoms in total. The van der Waals surface area contributed by atoms with Crippen LogP contribution in [0.2, 0.25) is 0 Å². The van der Waals surface area contributed by atoms with Crippen LogP contribution in [0.5, 0.6) is 0 Å². The van der Waals surface area contributed by atoms with Crippen LogP contribution in [0.15, 0.2) is 0 Å². The molecule has 0 aromatic carbocycles. The van der Waals surface area contributed by atoms with Gasteiger partial charge in [0, 0.05) is 0 Å². The summed E-state index contributed by atoms with van der Waals surface area (Å²) in [5, 5.41) is 0. The molecule has 0 aromatic rings. The summed E-state index contributed by atoms with van der Waals surface area (Å²) in [4.78, 5) is 0. The normalized spacial score (nSPS) is 27.8. The summed E-state index contributed by atoms with van der Waals surface area (Å²) in [5.74, 6) is -0.846. The van der Waals surface area contributed by atoms with Gasteiger partial charge in [-0.2, -0.15) is 8.42 Å². The van der Waals surface area contributed by atoms with Crippen LogP contribution in [0.3, 0.4) is 0 Å². The highest BCUT2D eigenvalue weighted by atomic mass is 32.2. The van der Waals surface area contributed by atoms with Gasteiger partial charge in [0.25, 0.3) is 10.1 Å². The van der Waals surface area contributed by atoms with E-state index < -0.39 is 22.0 Å². The van der Waals surface area contributed by atoms with Crippen molar-refractivity contribution in [1.29, 1.82) is 0 Å². The van der Waals surface area contributed by atoms with Gasteiger partial charge in [0.1, 0.15) is 11.9 Å². The van der Waals surface area contributed by atoms with E-state index in [2.05, 4.69) is 4.18 Å². The summed E-state index contributed by atoms with van der Waals surface area (Å²) < 4.78 is 36.8. The Morgan fingerprint density at radius 3 is 2.54 bits per heavy atom. The van der Waals surface area contributed by atoms with Gasteiger partial charge in [-0.25, -0.2) is 0 Å². The lowest BCUT2D eigenvalue weighted by molar-refractivity contribution is -0.135. The quantitative estimate of drug-likeness (QED) is 0.619. The standard InChI is InChI=1S/C7H14O5S/c1-7(2)11-4-6(12-7)5-13(8,9)10-3/h6H,4-5H2,1-3H3/t6-/m0/s1. The molecule has 0 amide bonds. The first-order chi connectivity index (χ1) is 5.85. The summed E-state index contributed by atoms with van der Waals surface area (Å²) in [6, 6.07) is 0. The van der Waals surface area contributed by atoms with E-state index in [4.69, 9.17) is 9.47 Å². The molecule has 0 bridgehead atoms. The minimum atomic E-state index is -3.46. The predicted molar refractivity (Wildman–Crippen MR) is 45.7 cm³/mol. The Kier molecular flexibility index (Phi) is 2.96. The number of hydrogen-bond acceptors (Lipinski definition) is 5. The van der Waals surface area contributed by atoms with Crippen molar-refractivity contribution in [2.75, 3.05) is 19.5 Å². The molecule has 0 radical (unpaired) electrons. The van der Waals surface area contributed by atoms with Crippen LogP contribution < -0.4 is 0 Å². The lowest BCUT2D eigenvalue weighted by Gasteiger charge is -2.16. The predicted octanol–water partition coefficient (Wildman–Crippen LogP) is 0.114. The Morgan fingerprint density at radius 1 is 1.54 bits per heavy atom. The lowest BCUT2D eigenvalue weighted by Crippen LogP contribution is -2.26. The second kappa shape index (κ2) is 3.53. The SMILES string of the molecule is COS(=O)(=O)C[C@@H]1COC(C)(C)O1. The maximum atomic E-state index is 11.0. The molecular weight excluding hydrogens is 196 g/mol. The van der Waals surface area contributed by atoms with Crippen molar-refractivity contribution in [2.45, 2.75) is 25.7 Å². The minimum absolute atomic E-state index is 0.160. The van der Waals surface area contributed by atoms with E-state index in [-0.39, 0.29) is 12.4 Å². The first kappa shape index (κ1) is 10.9. The third-order valence-corrected chi connectivity index (χ3v) is 3.00. The summed E-state index contributed by atoms with van der Waals surface area (Å²) in [6.45, 7) is 3.77. The van der Waals surface area contributed by atoms with Crippen molar-refractivity contribution in [1.82, 2.24) is 0 Å². The van der Waals surface area contributed by atoms with Crippen molar-refractivity contribution >= 4 is 10.1 Å². The molecule has 1 aliphatic heterocycles. The van der Waals surface area contributed by atoms with Crippen LogP contribution in [0.4, 0.5) is 0 Å². The van der Waals surface area contributed by atoms with E-state index in [1.54, 1.807) is 13.8 Å². The van der Waals surface area contributed by atoms with E-state index in [1.165, 1.54) is 0 Å². The van der Waals surface area contributed by atoms with Gasteiger partial charge < -0.3 is 9.47 Å². The fourth-order valence-electron chi connectivity index (χ4n) is 1.14. The summed E-state index contributed by atoms with van der Waals surface area (Å²) in [6.07, 6.45) is -0.431. The van der Waals surface area contributed by atoms with Gasteiger partial charge in [-0.15, -0.1) is 0 Å². The highest BCUT2D eigenvalue weighted by molar-refractivity contribution is 7.86. The Labute approximate surface area is 78.1 Å². The third kappa shape index (κ3) is 3.22. The van der Waals surface area contributed by atoms with E-state index in [0.717, 1.165) is 7.11 Å². The molecule has 1 saturated heterocycles. The Hall–Kier alpha value is -0.170. The first-order valence-electron chi connectivity index (χ1n) is 3.95. The van der Waals surface area contributed by atoms with Crippen molar-refractivity contribution in [3.8, 4) is 0 Å². The largest absolute Gasteiger partial charge is 0.348 e. The molecule has 1 rings (SSSR count). The van der Waals surface area contributed by atoms with E-state index in [0.29, 0.717) is 0 Å². The summed E-state index contributed by atoms with van der Waals surface area (Å²) >= 11 is 0. The number of hydrogen-bond donors (Lipinski definition) is 0. The third-order valence-electron chi connectivity index (χ3n) is 1.71. The fourth-order valence-corrected chi connectivity index (χ4v) is 1.90. The molecule has 0 N–H and O–H groups in total. The van der Waals surface area contributed by atoms with Gasteiger partial charge >= 0.3 is 0 Å². The van der Waals surface area contributed by atoms with Crippen molar-refractivity contribution in [2.24, 2.45) is 0 Å². The topological polar surface area (TPSA) is 61.8 Å². The first-order valence-corrected chi connectivity index (χ1v) is 5.52. The van der Waals surface area contributed by atoms with Gasteiger partial charge in [0.15, 0.2) is 5.79 Å². The highest BCUT2D eigenvalue weighted by Crippen LogP contribution is 2.23. The molecule has 6 heteroatoms. The summed E-state index contributed by atoms with van der Waals surface area (Å²) in [5.41, 5.74) is 0. The Morgan fingerprint density at radius 2 is 2.15 bits per heavy atom. The van der Waals surface area contributed by atoms with E-state index in [1.807, 2.05) is 0 Å². The van der Waals surface area contributed by atoms with Gasteiger partial charge in [0.2, 0.25) is 0 Å². The van der Waals surface area contributed by atoms with Gasteiger partial charge in [-0.3, -0.25) is 4.18 Å². The molecule has 0 unspecified atom stereocenters. The van der Waals surface area contributed by atoms with Crippen LogP contribution in [0.25, 0.3) is 0 Å². The monoisotopic (exact) mass is 210 g/mol. The molecule has 1 heterocycles. The fraction of sp³-hybridized carbons (Fsp3) is 1.00. The Bertz CT molecular complexity index is 269. The zero-order chi connectivity index (χ0) is 10.1. The molecule has 1 aliphatic rings. The minimum Gasteiger partial charge on any atom is -0.348 e. The van der Waals surface area contributed by atoms with E-state index >= 15 is 0 Å². The maximum Gasteiger partial charge on any atom is 0.269 e. The van der Waals surface area contributed by atoms with Crippen LogP contribution in [-0.4, -0.2) is 39.8 Å². The molecule has 0 aromatic heterocycles. The second-order valence-corrected chi connectivity index (χ2v) is 5.12. The van der Waals surface area contributed by atoms with Gasteiger partial charge in [-0.1, -0.05) is 0 Å². The number of ether oxygens (including phenoxy) is 2. The Balaban J connectivity index is 2.50. The van der Waals surface area contributed by atoms with Crippen LogP contribution in [0, 0.1) is 0 Å². The zero-order valence-corrected chi connectivity index (χ0v) is 8.76. The lowest BCUT2D eigenvalue weighted by atomic mass is 10.4. The molecule has 13 heavy (non-hydrogen) atoms. The van der Waals surface area contributed by atoms with E-state index in [9.17, 15) is 8.42 Å². The zero-order valence-electron chi connectivity index (χ0n) is 7.94. The van der Waals surface area contributed by atoms with Gasteiger partial charge in [0.05, 0.1) is 13.7 Å². The molecule has 1 fully saturated rings. The average Bonchev–Trinajstić information content (AvgIpc) is 2.29. The molecular formula is C7H14O5S. The van der Waals surface area contributed by atoms with Crippen molar-refractivity contribution in [3.05, 3.63) is 0 Å².